The van der Waals surface area contributed by atoms with E-state index >= 15 is 0 Å². The first-order valence-electron chi connectivity index (χ1n) is 5.80. The minimum absolute atomic E-state index is 0.140. The molecule has 4 nitrogen and oxygen atoms in total. The Kier molecular flexibility index (Phi) is 2.98. The molecule has 0 bridgehead atoms. The summed E-state index contributed by atoms with van der Waals surface area (Å²) in [7, 11) is 0. The molecule has 0 radical (unpaired) electrons. The van der Waals surface area contributed by atoms with Crippen LogP contribution in [0.3, 0.4) is 0 Å². The van der Waals surface area contributed by atoms with Crippen molar-refractivity contribution in [2.45, 2.75) is 50.2 Å². The van der Waals surface area contributed by atoms with E-state index in [1.165, 1.54) is 12.8 Å². The van der Waals surface area contributed by atoms with Gasteiger partial charge in [-0.15, -0.1) is 0 Å². The molecule has 86 valence electrons. The Morgan fingerprint density at radius 1 is 1.40 bits per heavy atom. The van der Waals surface area contributed by atoms with E-state index in [-0.39, 0.29) is 6.10 Å². The lowest BCUT2D eigenvalue weighted by molar-refractivity contribution is -0.123. The number of ether oxygens (including phenoxy) is 1. The van der Waals surface area contributed by atoms with Crippen LogP contribution in [0.2, 0.25) is 0 Å². The van der Waals surface area contributed by atoms with E-state index in [9.17, 15) is 4.79 Å². The molecule has 2 atom stereocenters. The molecule has 0 aromatic rings. The Morgan fingerprint density at radius 2 is 2.13 bits per heavy atom. The molecular formula is C11H20N2O2. The summed E-state index contributed by atoms with van der Waals surface area (Å²) in [4.78, 5) is 11.1. The molecule has 0 heterocycles. The fourth-order valence-electron chi connectivity index (χ4n) is 2.20. The molecule has 15 heavy (non-hydrogen) atoms. The third-order valence-electron chi connectivity index (χ3n) is 3.57. The van der Waals surface area contributed by atoms with Crippen molar-refractivity contribution in [1.82, 2.24) is 0 Å². The van der Waals surface area contributed by atoms with Gasteiger partial charge in [-0.25, -0.2) is 0 Å². The van der Waals surface area contributed by atoms with Gasteiger partial charge in [0.1, 0.15) is 0 Å². The SMILES string of the molecule is NC(=O)C1(N)CCC(OCCC2CC2)C1. The van der Waals surface area contributed by atoms with Crippen LogP contribution in [0.1, 0.15) is 38.5 Å². The number of hydrogen-bond acceptors (Lipinski definition) is 3. The molecule has 2 saturated carbocycles. The summed E-state index contributed by atoms with van der Waals surface area (Å²) in [6.07, 6.45) is 6.13. The highest BCUT2D eigenvalue weighted by molar-refractivity contribution is 5.84. The molecule has 2 aliphatic rings. The summed E-state index contributed by atoms with van der Waals surface area (Å²) in [5, 5.41) is 0. The number of carbonyl (C=O) groups is 1. The third kappa shape index (κ3) is 2.69. The van der Waals surface area contributed by atoms with E-state index in [1.807, 2.05) is 0 Å². The van der Waals surface area contributed by atoms with Crippen molar-refractivity contribution in [2.24, 2.45) is 17.4 Å². The van der Waals surface area contributed by atoms with Gasteiger partial charge in [0.2, 0.25) is 5.91 Å². The van der Waals surface area contributed by atoms with E-state index in [0.717, 1.165) is 25.4 Å². The van der Waals surface area contributed by atoms with Gasteiger partial charge in [0.05, 0.1) is 11.6 Å². The summed E-state index contributed by atoms with van der Waals surface area (Å²) in [6, 6.07) is 0. The second-order valence-electron chi connectivity index (χ2n) is 4.99. The maximum absolute atomic E-state index is 11.1. The van der Waals surface area contributed by atoms with Crippen LogP contribution in [0.15, 0.2) is 0 Å². The van der Waals surface area contributed by atoms with Crippen LogP contribution in [-0.2, 0) is 9.53 Å². The largest absolute Gasteiger partial charge is 0.378 e. The van der Waals surface area contributed by atoms with Gasteiger partial charge >= 0.3 is 0 Å². The Labute approximate surface area is 90.3 Å². The zero-order valence-corrected chi connectivity index (χ0v) is 9.08. The van der Waals surface area contributed by atoms with Crippen LogP contribution < -0.4 is 11.5 Å². The topological polar surface area (TPSA) is 78.3 Å². The molecule has 4 N–H and O–H groups in total. The Morgan fingerprint density at radius 3 is 2.67 bits per heavy atom. The van der Waals surface area contributed by atoms with Gasteiger partial charge in [-0.3, -0.25) is 4.79 Å². The van der Waals surface area contributed by atoms with Gasteiger partial charge in [-0.1, -0.05) is 12.8 Å². The molecule has 2 fully saturated rings. The normalized spacial score (nSPS) is 35.7. The van der Waals surface area contributed by atoms with Crippen molar-refractivity contribution in [2.75, 3.05) is 6.61 Å². The van der Waals surface area contributed by atoms with Crippen molar-refractivity contribution in [3.05, 3.63) is 0 Å². The molecule has 0 aliphatic heterocycles. The van der Waals surface area contributed by atoms with Crippen LogP contribution in [0.5, 0.6) is 0 Å². The van der Waals surface area contributed by atoms with E-state index in [2.05, 4.69) is 0 Å². The lowest BCUT2D eigenvalue weighted by Gasteiger charge is -2.19. The molecule has 0 aromatic carbocycles. The van der Waals surface area contributed by atoms with Crippen LogP contribution in [0.25, 0.3) is 0 Å². The highest BCUT2D eigenvalue weighted by Gasteiger charge is 2.41. The number of rotatable bonds is 5. The van der Waals surface area contributed by atoms with Crippen molar-refractivity contribution in [1.29, 1.82) is 0 Å². The lowest BCUT2D eigenvalue weighted by Crippen LogP contribution is -2.50. The zero-order valence-electron chi connectivity index (χ0n) is 9.08. The molecule has 0 aromatic heterocycles. The Balaban J connectivity index is 1.69. The molecule has 2 rings (SSSR count). The van der Waals surface area contributed by atoms with Gasteiger partial charge in [0, 0.05) is 13.0 Å². The second kappa shape index (κ2) is 4.10. The Hall–Kier alpha value is -0.610. The first kappa shape index (κ1) is 10.9. The molecule has 4 heteroatoms. The van der Waals surface area contributed by atoms with Crippen LogP contribution in [-0.4, -0.2) is 24.2 Å². The maximum Gasteiger partial charge on any atom is 0.237 e. The van der Waals surface area contributed by atoms with Gasteiger partial charge in [-0.2, -0.15) is 0 Å². The van der Waals surface area contributed by atoms with Gasteiger partial charge < -0.3 is 16.2 Å². The van der Waals surface area contributed by atoms with Crippen molar-refractivity contribution in [3.63, 3.8) is 0 Å². The highest BCUT2D eigenvalue weighted by atomic mass is 16.5. The average molecular weight is 212 g/mol. The quantitative estimate of drug-likeness (QED) is 0.698. The monoisotopic (exact) mass is 212 g/mol. The lowest BCUT2D eigenvalue weighted by atomic mass is 9.99. The van der Waals surface area contributed by atoms with E-state index in [4.69, 9.17) is 16.2 Å². The maximum atomic E-state index is 11.1. The summed E-state index contributed by atoms with van der Waals surface area (Å²) in [5.74, 6) is 0.501. The first-order chi connectivity index (χ1) is 7.10. The predicted octanol–water partition coefficient (Wildman–Crippen LogP) is 0.538. The van der Waals surface area contributed by atoms with Gasteiger partial charge in [0.15, 0.2) is 0 Å². The smallest absolute Gasteiger partial charge is 0.237 e. The van der Waals surface area contributed by atoms with E-state index in [1.54, 1.807) is 0 Å². The predicted molar refractivity (Wildman–Crippen MR) is 57.0 cm³/mol. The molecule has 0 spiro atoms. The summed E-state index contributed by atoms with van der Waals surface area (Å²) in [6.45, 7) is 0.810. The number of hydrogen-bond donors (Lipinski definition) is 2. The average Bonchev–Trinajstić information content (AvgIpc) is 2.91. The molecule has 2 aliphatic carbocycles. The van der Waals surface area contributed by atoms with E-state index in [0.29, 0.717) is 12.8 Å². The van der Waals surface area contributed by atoms with Gasteiger partial charge in [-0.05, 0) is 25.2 Å². The van der Waals surface area contributed by atoms with Crippen molar-refractivity contribution >= 4 is 5.91 Å². The number of primary amides is 1. The third-order valence-corrected chi connectivity index (χ3v) is 3.57. The number of nitrogens with two attached hydrogens (primary N) is 2. The Bertz CT molecular complexity index is 253. The molecule has 0 saturated heterocycles. The summed E-state index contributed by atoms with van der Waals surface area (Å²) >= 11 is 0. The summed E-state index contributed by atoms with van der Waals surface area (Å²) in [5.41, 5.74) is 10.3. The minimum atomic E-state index is -0.815. The highest BCUT2D eigenvalue weighted by Crippen LogP contribution is 2.34. The molecule has 1 amide bonds. The van der Waals surface area contributed by atoms with Crippen molar-refractivity contribution < 1.29 is 9.53 Å². The van der Waals surface area contributed by atoms with E-state index < -0.39 is 11.4 Å². The fraction of sp³-hybridized carbons (Fsp3) is 0.909. The first-order valence-corrected chi connectivity index (χ1v) is 5.80. The number of carbonyl (C=O) groups excluding carboxylic acids is 1. The van der Waals surface area contributed by atoms with Gasteiger partial charge in [0.25, 0.3) is 0 Å². The van der Waals surface area contributed by atoms with Crippen LogP contribution >= 0.6 is 0 Å². The molecular weight excluding hydrogens is 192 g/mol. The standard InChI is InChI=1S/C11H20N2O2/c12-10(14)11(13)5-3-9(7-11)15-6-4-8-1-2-8/h8-9H,1-7,13H2,(H2,12,14). The second-order valence-corrected chi connectivity index (χ2v) is 4.99. The molecule has 2 unspecified atom stereocenters. The number of amides is 1. The van der Waals surface area contributed by atoms with Crippen LogP contribution in [0, 0.1) is 5.92 Å². The van der Waals surface area contributed by atoms with Crippen LogP contribution in [0.4, 0.5) is 0 Å². The van der Waals surface area contributed by atoms with Crippen molar-refractivity contribution in [3.8, 4) is 0 Å². The summed E-state index contributed by atoms with van der Waals surface area (Å²) < 4.78 is 5.71. The fourth-order valence-corrected chi connectivity index (χ4v) is 2.20. The zero-order chi connectivity index (χ0) is 10.9. The minimum Gasteiger partial charge on any atom is -0.378 e.